The Labute approximate surface area is 154 Å². The summed E-state index contributed by atoms with van der Waals surface area (Å²) in [7, 11) is -1.96. The smallest absolute Gasteiger partial charge is 0.253 e. The third kappa shape index (κ3) is 3.59. The molecule has 6 nitrogen and oxygen atoms in total. The Morgan fingerprint density at radius 1 is 0.962 bits per heavy atom. The summed E-state index contributed by atoms with van der Waals surface area (Å²) in [6.45, 7) is 3.11. The van der Waals surface area contributed by atoms with Crippen molar-refractivity contribution in [2.24, 2.45) is 0 Å². The molecule has 1 aliphatic heterocycles. The monoisotopic (exact) mass is 374 g/mol. The number of benzene rings is 2. The molecule has 0 aliphatic carbocycles. The molecule has 138 valence electrons. The zero-order valence-corrected chi connectivity index (χ0v) is 15.7. The lowest BCUT2D eigenvalue weighted by Gasteiger charge is -2.34. The molecule has 1 saturated heterocycles. The fourth-order valence-electron chi connectivity index (χ4n) is 3.03. The predicted octanol–water partition coefficient (Wildman–Crippen LogP) is 2.15. The van der Waals surface area contributed by atoms with Crippen LogP contribution in [0.4, 0.5) is 0 Å². The minimum absolute atomic E-state index is 0.0967. The van der Waals surface area contributed by atoms with Crippen molar-refractivity contribution in [3.8, 4) is 5.75 Å². The number of methoxy groups -OCH3 is 1. The Kier molecular flexibility index (Phi) is 5.29. The van der Waals surface area contributed by atoms with Crippen molar-refractivity contribution in [1.82, 2.24) is 9.21 Å². The summed E-state index contributed by atoms with van der Waals surface area (Å²) in [5.74, 6) is 0.594. The molecule has 0 spiro atoms. The topological polar surface area (TPSA) is 66.9 Å². The molecule has 0 radical (unpaired) electrons. The molecule has 0 bridgehead atoms. The van der Waals surface area contributed by atoms with Gasteiger partial charge in [0.15, 0.2) is 0 Å². The average Bonchev–Trinajstić information content (AvgIpc) is 2.68. The van der Waals surface area contributed by atoms with Crippen molar-refractivity contribution in [3.63, 3.8) is 0 Å². The van der Waals surface area contributed by atoms with Gasteiger partial charge in [-0.1, -0.05) is 18.2 Å². The number of ether oxygens (including phenoxy) is 1. The van der Waals surface area contributed by atoms with Gasteiger partial charge in [0.25, 0.3) is 5.91 Å². The van der Waals surface area contributed by atoms with Crippen molar-refractivity contribution in [2.75, 3.05) is 33.3 Å². The molecule has 0 saturated carbocycles. The van der Waals surface area contributed by atoms with Crippen LogP contribution >= 0.6 is 0 Å². The van der Waals surface area contributed by atoms with E-state index in [4.69, 9.17) is 4.74 Å². The average molecular weight is 374 g/mol. The minimum Gasteiger partial charge on any atom is -0.497 e. The van der Waals surface area contributed by atoms with Crippen molar-refractivity contribution in [3.05, 3.63) is 59.7 Å². The van der Waals surface area contributed by atoms with Crippen LogP contribution in [0.5, 0.6) is 5.75 Å². The highest BCUT2D eigenvalue weighted by molar-refractivity contribution is 7.89. The van der Waals surface area contributed by atoms with E-state index in [1.807, 2.05) is 6.07 Å². The quantitative estimate of drug-likeness (QED) is 0.822. The second kappa shape index (κ2) is 7.47. The highest BCUT2D eigenvalue weighted by Crippen LogP contribution is 2.21. The molecule has 1 heterocycles. The van der Waals surface area contributed by atoms with E-state index in [1.54, 1.807) is 61.4 Å². The summed E-state index contributed by atoms with van der Waals surface area (Å²) in [4.78, 5) is 14.6. The van der Waals surface area contributed by atoms with Gasteiger partial charge >= 0.3 is 0 Å². The van der Waals surface area contributed by atoms with Crippen molar-refractivity contribution >= 4 is 15.9 Å². The number of nitrogens with zero attached hydrogens (tertiary/aromatic N) is 2. The number of carbonyl (C=O) groups excluding carboxylic acids is 1. The molecule has 7 heteroatoms. The Bertz CT molecular complexity index is 886. The van der Waals surface area contributed by atoms with Crippen molar-refractivity contribution in [1.29, 1.82) is 0 Å². The first-order valence-electron chi connectivity index (χ1n) is 8.42. The van der Waals surface area contributed by atoms with E-state index in [2.05, 4.69) is 0 Å². The second-order valence-electron chi connectivity index (χ2n) is 6.19. The number of amides is 1. The number of piperazine rings is 1. The highest BCUT2D eigenvalue weighted by Gasteiger charge is 2.31. The van der Waals surface area contributed by atoms with Gasteiger partial charge in [-0.15, -0.1) is 0 Å². The number of sulfonamides is 1. The van der Waals surface area contributed by atoms with Crippen LogP contribution in [0.3, 0.4) is 0 Å². The van der Waals surface area contributed by atoms with Gasteiger partial charge in [0.2, 0.25) is 10.0 Å². The molecule has 0 N–H and O–H groups in total. The number of hydrogen-bond acceptors (Lipinski definition) is 4. The Balaban J connectivity index is 1.68. The van der Waals surface area contributed by atoms with Crippen LogP contribution in [0, 0.1) is 6.92 Å². The highest BCUT2D eigenvalue weighted by atomic mass is 32.2. The molecule has 1 fully saturated rings. The van der Waals surface area contributed by atoms with Gasteiger partial charge in [-0.2, -0.15) is 4.31 Å². The van der Waals surface area contributed by atoms with Gasteiger partial charge in [-0.3, -0.25) is 4.79 Å². The molecular weight excluding hydrogens is 352 g/mol. The Hall–Kier alpha value is -2.38. The predicted molar refractivity (Wildman–Crippen MR) is 98.8 cm³/mol. The molecule has 0 unspecified atom stereocenters. The van der Waals surface area contributed by atoms with Gasteiger partial charge in [0, 0.05) is 31.7 Å². The van der Waals surface area contributed by atoms with Gasteiger partial charge in [-0.25, -0.2) is 8.42 Å². The molecule has 0 atom stereocenters. The van der Waals surface area contributed by atoms with Gasteiger partial charge in [0.1, 0.15) is 5.75 Å². The van der Waals surface area contributed by atoms with Crippen LogP contribution in [0.15, 0.2) is 53.4 Å². The van der Waals surface area contributed by atoms with Gasteiger partial charge in [-0.05, 0) is 42.8 Å². The van der Waals surface area contributed by atoms with Crippen LogP contribution in [0.1, 0.15) is 15.9 Å². The van der Waals surface area contributed by atoms with Crippen LogP contribution in [-0.2, 0) is 10.0 Å². The first-order chi connectivity index (χ1) is 12.4. The summed E-state index contributed by atoms with van der Waals surface area (Å²) in [6.07, 6.45) is 0. The maximum atomic E-state index is 12.8. The van der Waals surface area contributed by atoms with Crippen LogP contribution in [0.2, 0.25) is 0 Å². The largest absolute Gasteiger partial charge is 0.497 e. The molecule has 2 aromatic rings. The van der Waals surface area contributed by atoms with E-state index in [0.717, 1.165) is 5.56 Å². The molecule has 26 heavy (non-hydrogen) atoms. The first kappa shape index (κ1) is 18.4. The van der Waals surface area contributed by atoms with E-state index < -0.39 is 10.0 Å². The Morgan fingerprint density at radius 3 is 2.15 bits per heavy atom. The van der Waals surface area contributed by atoms with Gasteiger partial charge in [0.05, 0.1) is 12.0 Å². The molecule has 0 aromatic heterocycles. The second-order valence-corrected chi connectivity index (χ2v) is 8.10. The maximum absolute atomic E-state index is 12.8. The maximum Gasteiger partial charge on any atom is 0.253 e. The third-order valence-corrected chi connectivity index (χ3v) is 6.63. The lowest BCUT2D eigenvalue weighted by Crippen LogP contribution is -2.50. The zero-order valence-electron chi connectivity index (χ0n) is 14.9. The van der Waals surface area contributed by atoms with E-state index in [-0.39, 0.29) is 5.91 Å². The summed E-state index contributed by atoms with van der Waals surface area (Å²) in [5, 5.41) is 0. The molecular formula is C19H22N2O4S. The molecule has 1 amide bonds. The number of rotatable bonds is 4. The van der Waals surface area contributed by atoms with Crippen LogP contribution < -0.4 is 4.74 Å². The van der Waals surface area contributed by atoms with E-state index in [0.29, 0.717) is 42.4 Å². The SMILES string of the molecule is COc1ccc(C(=O)N2CCN(S(=O)(=O)c3ccccc3C)CC2)cc1. The van der Waals surface area contributed by atoms with Crippen molar-refractivity contribution in [2.45, 2.75) is 11.8 Å². The molecule has 2 aromatic carbocycles. The summed E-state index contributed by atoms with van der Waals surface area (Å²) >= 11 is 0. The first-order valence-corrected chi connectivity index (χ1v) is 9.86. The zero-order chi connectivity index (χ0) is 18.7. The normalized spacial score (nSPS) is 15.7. The van der Waals surface area contributed by atoms with Crippen LogP contribution in [0.25, 0.3) is 0 Å². The summed E-state index contributed by atoms with van der Waals surface area (Å²) < 4.78 is 32.2. The summed E-state index contributed by atoms with van der Waals surface area (Å²) in [5.41, 5.74) is 1.30. The summed E-state index contributed by atoms with van der Waals surface area (Å²) in [6, 6.07) is 13.9. The standard InChI is InChI=1S/C19H22N2O4S/c1-15-5-3-4-6-18(15)26(23,24)21-13-11-20(12-14-21)19(22)16-7-9-17(25-2)10-8-16/h3-10H,11-14H2,1-2H3. The van der Waals surface area contributed by atoms with E-state index >= 15 is 0 Å². The fraction of sp³-hybridized carbons (Fsp3) is 0.316. The van der Waals surface area contributed by atoms with Crippen molar-refractivity contribution < 1.29 is 17.9 Å². The third-order valence-electron chi connectivity index (χ3n) is 4.57. The van der Waals surface area contributed by atoms with E-state index in [9.17, 15) is 13.2 Å². The number of carbonyl (C=O) groups is 1. The van der Waals surface area contributed by atoms with E-state index in [1.165, 1.54) is 4.31 Å². The van der Waals surface area contributed by atoms with Crippen LogP contribution in [-0.4, -0.2) is 56.8 Å². The number of aryl methyl sites for hydroxylation is 1. The lowest BCUT2D eigenvalue weighted by atomic mass is 10.2. The minimum atomic E-state index is -3.54. The van der Waals surface area contributed by atoms with Gasteiger partial charge < -0.3 is 9.64 Å². The molecule has 3 rings (SSSR count). The lowest BCUT2D eigenvalue weighted by molar-refractivity contribution is 0.0698. The fourth-order valence-corrected chi connectivity index (χ4v) is 4.68. The Morgan fingerprint density at radius 2 is 1.58 bits per heavy atom. The number of hydrogen-bond donors (Lipinski definition) is 0. The molecule has 1 aliphatic rings.